The Labute approximate surface area is 103 Å². The van der Waals surface area contributed by atoms with Crippen LogP contribution in [0.5, 0.6) is 0 Å². The second kappa shape index (κ2) is 6.33. The average Bonchev–Trinajstić information content (AvgIpc) is 2.30. The van der Waals surface area contributed by atoms with E-state index in [9.17, 15) is 9.90 Å². The van der Waals surface area contributed by atoms with Gasteiger partial charge in [0.15, 0.2) is 5.60 Å². The van der Waals surface area contributed by atoms with Crippen molar-refractivity contribution in [1.29, 1.82) is 0 Å². The standard InChI is InChI=1S/C12H23NO4/c1-12(15,11(14)17-3)9-13-6-4-10(5-7-13)8-16-2/h10,15H,4-9H2,1-3H3. The van der Waals surface area contributed by atoms with E-state index in [0.717, 1.165) is 32.5 Å². The Balaban J connectivity index is 2.37. The third-order valence-electron chi connectivity index (χ3n) is 3.27. The molecule has 0 amide bonds. The Kier molecular flexibility index (Phi) is 5.36. The molecule has 1 heterocycles. The van der Waals surface area contributed by atoms with Crippen LogP contribution in [0.4, 0.5) is 0 Å². The second-order valence-corrected chi connectivity index (χ2v) is 4.94. The topological polar surface area (TPSA) is 59.0 Å². The Bertz CT molecular complexity index is 247. The lowest BCUT2D eigenvalue weighted by atomic mass is 9.96. The highest BCUT2D eigenvalue weighted by atomic mass is 16.5. The number of piperidine rings is 1. The molecule has 17 heavy (non-hydrogen) atoms. The number of methoxy groups -OCH3 is 2. The quantitative estimate of drug-likeness (QED) is 0.705. The maximum absolute atomic E-state index is 11.4. The number of hydrogen-bond donors (Lipinski definition) is 1. The van der Waals surface area contributed by atoms with Crippen LogP contribution in [0.2, 0.25) is 0 Å². The van der Waals surface area contributed by atoms with Crippen molar-refractivity contribution in [1.82, 2.24) is 4.90 Å². The van der Waals surface area contributed by atoms with Gasteiger partial charge >= 0.3 is 5.97 Å². The number of β-amino-alcohol motifs (C(OH)–C–C–N with tert-alkyl or cyclic N) is 1. The zero-order valence-corrected chi connectivity index (χ0v) is 10.9. The Morgan fingerprint density at radius 2 is 2.00 bits per heavy atom. The summed E-state index contributed by atoms with van der Waals surface area (Å²) >= 11 is 0. The number of hydrogen-bond acceptors (Lipinski definition) is 5. The van der Waals surface area contributed by atoms with Crippen LogP contribution >= 0.6 is 0 Å². The molecule has 1 aliphatic rings. The first-order valence-corrected chi connectivity index (χ1v) is 6.01. The van der Waals surface area contributed by atoms with Gasteiger partial charge < -0.3 is 14.6 Å². The summed E-state index contributed by atoms with van der Waals surface area (Å²) in [7, 11) is 3.01. The largest absolute Gasteiger partial charge is 0.467 e. The third-order valence-corrected chi connectivity index (χ3v) is 3.27. The number of aliphatic hydroxyl groups is 1. The Morgan fingerprint density at radius 3 is 2.47 bits per heavy atom. The van der Waals surface area contributed by atoms with Crippen molar-refractivity contribution in [3.8, 4) is 0 Å². The Hall–Kier alpha value is -0.650. The lowest BCUT2D eigenvalue weighted by Gasteiger charge is -2.35. The fourth-order valence-electron chi connectivity index (χ4n) is 2.27. The monoisotopic (exact) mass is 245 g/mol. The smallest absolute Gasteiger partial charge is 0.338 e. The molecule has 1 unspecified atom stereocenters. The first kappa shape index (κ1) is 14.4. The summed E-state index contributed by atoms with van der Waals surface area (Å²) in [6, 6.07) is 0. The zero-order chi connectivity index (χ0) is 12.9. The molecule has 1 rings (SSSR count). The highest BCUT2D eigenvalue weighted by Crippen LogP contribution is 2.19. The third kappa shape index (κ3) is 4.26. The van der Waals surface area contributed by atoms with Crippen LogP contribution in [0, 0.1) is 5.92 Å². The van der Waals surface area contributed by atoms with Gasteiger partial charge in [0.05, 0.1) is 7.11 Å². The van der Waals surface area contributed by atoms with Gasteiger partial charge in [-0.1, -0.05) is 0 Å². The van der Waals surface area contributed by atoms with E-state index in [1.165, 1.54) is 14.0 Å². The SMILES string of the molecule is COCC1CCN(CC(C)(O)C(=O)OC)CC1. The molecule has 1 fully saturated rings. The molecule has 0 radical (unpaired) electrons. The van der Waals surface area contributed by atoms with E-state index in [-0.39, 0.29) is 0 Å². The van der Waals surface area contributed by atoms with Crippen molar-refractivity contribution < 1.29 is 19.4 Å². The van der Waals surface area contributed by atoms with E-state index < -0.39 is 11.6 Å². The van der Waals surface area contributed by atoms with Gasteiger partial charge in [0.2, 0.25) is 0 Å². The molecule has 0 aromatic rings. The van der Waals surface area contributed by atoms with Crippen molar-refractivity contribution in [2.75, 3.05) is 40.5 Å². The fourth-order valence-corrected chi connectivity index (χ4v) is 2.27. The summed E-state index contributed by atoms with van der Waals surface area (Å²) in [5.74, 6) is 0.0239. The number of ether oxygens (including phenoxy) is 2. The molecule has 1 atom stereocenters. The second-order valence-electron chi connectivity index (χ2n) is 4.94. The van der Waals surface area contributed by atoms with Gasteiger partial charge in [0.25, 0.3) is 0 Å². The molecule has 0 aliphatic carbocycles. The predicted molar refractivity (Wildman–Crippen MR) is 63.7 cm³/mol. The molecule has 0 aromatic carbocycles. The van der Waals surface area contributed by atoms with Crippen LogP contribution in [-0.2, 0) is 14.3 Å². The molecule has 5 nitrogen and oxygen atoms in total. The molecule has 0 bridgehead atoms. The molecule has 0 aromatic heterocycles. The van der Waals surface area contributed by atoms with E-state index in [0.29, 0.717) is 12.5 Å². The van der Waals surface area contributed by atoms with Crippen LogP contribution in [0.25, 0.3) is 0 Å². The number of nitrogens with zero attached hydrogens (tertiary/aromatic N) is 1. The molecular formula is C12H23NO4. The Morgan fingerprint density at radius 1 is 1.41 bits per heavy atom. The maximum atomic E-state index is 11.4. The maximum Gasteiger partial charge on any atom is 0.338 e. The molecule has 1 saturated heterocycles. The van der Waals surface area contributed by atoms with Crippen molar-refractivity contribution in [2.24, 2.45) is 5.92 Å². The van der Waals surface area contributed by atoms with E-state index in [1.54, 1.807) is 7.11 Å². The fraction of sp³-hybridized carbons (Fsp3) is 0.917. The van der Waals surface area contributed by atoms with Crippen LogP contribution in [-0.4, -0.2) is 62.0 Å². The van der Waals surface area contributed by atoms with E-state index in [2.05, 4.69) is 9.64 Å². The minimum absolute atomic E-state index is 0.333. The number of carbonyl (C=O) groups excluding carboxylic acids is 1. The van der Waals surface area contributed by atoms with Gasteiger partial charge in [0.1, 0.15) is 0 Å². The van der Waals surface area contributed by atoms with Crippen LogP contribution < -0.4 is 0 Å². The van der Waals surface area contributed by atoms with E-state index in [1.807, 2.05) is 0 Å². The lowest BCUT2D eigenvalue weighted by molar-refractivity contribution is -0.162. The molecule has 5 heteroatoms. The minimum Gasteiger partial charge on any atom is -0.467 e. The first-order valence-electron chi connectivity index (χ1n) is 6.01. The van der Waals surface area contributed by atoms with Gasteiger partial charge in [-0.25, -0.2) is 4.79 Å². The average molecular weight is 245 g/mol. The van der Waals surface area contributed by atoms with E-state index >= 15 is 0 Å². The molecular weight excluding hydrogens is 222 g/mol. The van der Waals surface area contributed by atoms with Crippen LogP contribution in [0.15, 0.2) is 0 Å². The van der Waals surface area contributed by atoms with Crippen LogP contribution in [0.3, 0.4) is 0 Å². The molecule has 100 valence electrons. The molecule has 0 saturated carbocycles. The zero-order valence-electron chi connectivity index (χ0n) is 10.9. The van der Waals surface area contributed by atoms with Crippen molar-refractivity contribution in [3.63, 3.8) is 0 Å². The van der Waals surface area contributed by atoms with E-state index in [4.69, 9.17) is 4.74 Å². The van der Waals surface area contributed by atoms with Gasteiger partial charge in [-0.15, -0.1) is 0 Å². The lowest BCUT2D eigenvalue weighted by Crippen LogP contribution is -2.49. The first-order chi connectivity index (χ1) is 7.99. The van der Waals surface area contributed by atoms with Gasteiger partial charge in [-0.3, -0.25) is 4.90 Å². The summed E-state index contributed by atoms with van der Waals surface area (Å²) in [5, 5.41) is 9.96. The number of rotatable bonds is 5. The summed E-state index contributed by atoms with van der Waals surface area (Å²) < 4.78 is 9.71. The molecule has 0 spiro atoms. The highest BCUT2D eigenvalue weighted by molar-refractivity contribution is 5.78. The highest BCUT2D eigenvalue weighted by Gasteiger charge is 2.34. The number of carbonyl (C=O) groups is 1. The normalized spacial score (nSPS) is 22.1. The summed E-state index contributed by atoms with van der Waals surface area (Å²) in [4.78, 5) is 13.5. The molecule has 1 aliphatic heterocycles. The van der Waals surface area contributed by atoms with Crippen molar-refractivity contribution in [2.45, 2.75) is 25.4 Å². The van der Waals surface area contributed by atoms with Crippen molar-refractivity contribution >= 4 is 5.97 Å². The van der Waals surface area contributed by atoms with Gasteiger partial charge in [-0.2, -0.15) is 0 Å². The van der Waals surface area contributed by atoms with Crippen molar-refractivity contribution in [3.05, 3.63) is 0 Å². The summed E-state index contributed by atoms with van der Waals surface area (Å²) in [5.41, 5.74) is -1.41. The predicted octanol–water partition coefficient (Wildman–Crippen LogP) is 0.269. The summed E-state index contributed by atoms with van der Waals surface area (Å²) in [6.07, 6.45) is 2.09. The summed E-state index contributed by atoms with van der Waals surface area (Å²) in [6.45, 7) is 4.41. The van der Waals surface area contributed by atoms with Crippen LogP contribution in [0.1, 0.15) is 19.8 Å². The molecule has 1 N–H and O–H groups in total. The van der Waals surface area contributed by atoms with Gasteiger partial charge in [0, 0.05) is 20.3 Å². The van der Waals surface area contributed by atoms with Gasteiger partial charge in [-0.05, 0) is 38.8 Å². The number of likely N-dealkylation sites (tertiary alicyclic amines) is 1. The number of esters is 1. The minimum atomic E-state index is -1.41.